The number of nitrogens with one attached hydrogen (secondary N) is 1. The first-order chi connectivity index (χ1) is 12.5. The van der Waals surface area contributed by atoms with Gasteiger partial charge in [-0.15, -0.1) is 17.5 Å². The molecule has 1 aromatic heterocycles. The van der Waals surface area contributed by atoms with Crippen LogP contribution in [0.5, 0.6) is 0 Å². The topological polar surface area (TPSA) is 63.1 Å². The van der Waals surface area contributed by atoms with Crippen LogP contribution in [0.4, 0.5) is 4.39 Å². The molecule has 1 saturated heterocycles. The van der Waals surface area contributed by atoms with Crippen LogP contribution in [0.1, 0.15) is 49.1 Å². The average Bonchev–Trinajstić information content (AvgIpc) is 3.07. The molecule has 2 aromatic rings. The van der Waals surface area contributed by atoms with Crippen LogP contribution in [0.25, 0.3) is 5.69 Å². The van der Waals surface area contributed by atoms with Gasteiger partial charge in [0.05, 0.1) is 0 Å². The fraction of sp³-hybridized carbons (Fsp3) is 0.526. The van der Waals surface area contributed by atoms with Crippen molar-refractivity contribution in [1.82, 2.24) is 25.0 Å². The Balaban J connectivity index is 0.00000261. The van der Waals surface area contributed by atoms with Gasteiger partial charge in [-0.25, -0.2) is 14.1 Å². The molecule has 6 nitrogen and oxygen atoms in total. The summed E-state index contributed by atoms with van der Waals surface area (Å²) in [7, 11) is 1.92. The number of halogens is 2. The molecule has 1 aliphatic heterocycles. The Bertz CT molecular complexity index is 777. The van der Waals surface area contributed by atoms with E-state index in [9.17, 15) is 9.18 Å². The van der Waals surface area contributed by atoms with E-state index in [-0.39, 0.29) is 35.9 Å². The van der Waals surface area contributed by atoms with Gasteiger partial charge in [0.15, 0.2) is 0 Å². The number of hydrogen-bond acceptors (Lipinski definition) is 4. The lowest BCUT2D eigenvalue weighted by molar-refractivity contribution is 0.0662. The zero-order valence-corrected chi connectivity index (χ0v) is 16.8. The van der Waals surface area contributed by atoms with Crippen molar-refractivity contribution < 1.29 is 9.18 Å². The number of hydrogen-bond donors (Lipinski definition) is 1. The van der Waals surface area contributed by atoms with Crippen molar-refractivity contribution in [2.75, 3.05) is 26.7 Å². The summed E-state index contributed by atoms with van der Waals surface area (Å²) < 4.78 is 15.7. The van der Waals surface area contributed by atoms with Crippen LogP contribution < -0.4 is 5.32 Å². The number of para-hydroxylation sites is 1. The SMILES string of the molecule is CNCC1CCCN(C(=O)c2nc(C(C)C)n(-c3ccccc3F)n2)C1.Cl. The Morgan fingerprint density at radius 1 is 1.37 bits per heavy atom. The molecule has 0 spiro atoms. The highest BCUT2D eigenvalue weighted by Gasteiger charge is 2.28. The molecule has 1 amide bonds. The zero-order chi connectivity index (χ0) is 18.7. The molecule has 148 valence electrons. The number of rotatable bonds is 5. The van der Waals surface area contributed by atoms with E-state index < -0.39 is 0 Å². The molecule has 1 aromatic carbocycles. The molecule has 1 atom stereocenters. The van der Waals surface area contributed by atoms with E-state index in [0.29, 0.717) is 30.5 Å². The van der Waals surface area contributed by atoms with Crippen LogP contribution in [-0.2, 0) is 0 Å². The molecule has 0 saturated carbocycles. The van der Waals surface area contributed by atoms with Crippen molar-refractivity contribution in [2.45, 2.75) is 32.6 Å². The van der Waals surface area contributed by atoms with Gasteiger partial charge in [0, 0.05) is 19.0 Å². The number of piperidine rings is 1. The molecule has 1 aliphatic rings. The van der Waals surface area contributed by atoms with Gasteiger partial charge in [0.2, 0.25) is 5.82 Å². The highest BCUT2D eigenvalue weighted by Crippen LogP contribution is 2.22. The fourth-order valence-corrected chi connectivity index (χ4v) is 3.44. The lowest BCUT2D eigenvalue weighted by Crippen LogP contribution is -2.42. The molecule has 1 N–H and O–H groups in total. The van der Waals surface area contributed by atoms with E-state index in [2.05, 4.69) is 15.4 Å². The number of amides is 1. The second kappa shape index (κ2) is 9.28. The second-order valence-corrected chi connectivity index (χ2v) is 7.13. The quantitative estimate of drug-likeness (QED) is 0.845. The number of likely N-dealkylation sites (tertiary alicyclic amines) is 1. The lowest BCUT2D eigenvalue weighted by atomic mass is 9.98. The normalized spacial score (nSPS) is 17.1. The summed E-state index contributed by atoms with van der Waals surface area (Å²) in [5.41, 5.74) is 0.314. The van der Waals surface area contributed by atoms with Crippen LogP contribution in [0.3, 0.4) is 0 Å². The van der Waals surface area contributed by atoms with Crippen LogP contribution in [0, 0.1) is 11.7 Å². The molecule has 8 heteroatoms. The van der Waals surface area contributed by atoms with Gasteiger partial charge in [-0.3, -0.25) is 4.79 Å². The molecule has 27 heavy (non-hydrogen) atoms. The number of aromatic nitrogens is 3. The first-order valence-corrected chi connectivity index (χ1v) is 9.17. The smallest absolute Gasteiger partial charge is 0.293 e. The fourth-order valence-electron chi connectivity index (χ4n) is 3.44. The third kappa shape index (κ3) is 4.65. The lowest BCUT2D eigenvalue weighted by Gasteiger charge is -2.31. The molecular formula is C19H27ClFN5O. The van der Waals surface area contributed by atoms with Gasteiger partial charge in [-0.05, 0) is 44.5 Å². The van der Waals surface area contributed by atoms with Crippen molar-refractivity contribution in [3.63, 3.8) is 0 Å². The van der Waals surface area contributed by atoms with Crippen molar-refractivity contribution in [2.24, 2.45) is 5.92 Å². The van der Waals surface area contributed by atoms with Gasteiger partial charge >= 0.3 is 0 Å². The molecule has 0 aliphatic carbocycles. The minimum absolute atomic E-state index is 0. The minimum atomic E-state index is -0.384. The van der Waals surface area contributed by atoms with E-state index in [4.69, 9.17) is 0 Å². The van der Waals surface area contributed by atoms with E-state index >= 15 is 0 Å². The predicted molar refractivity (Wildman–Crippen MR) is 105 cm³/mol. The van der Waals surface area contributed by atoms with Gasteiger partial charge in [0.1, 0.15) is 17.3 Å². The molecule has 1 fully saturated rings. The van der Waals surface area contributed by atoms with Crippen molar-refractivity contribution >= 4 is 18.3 Å². The minimum Gasteiger partial charge on any atom is -0.336 e. The number of carbonyl (C=O) groups excluding carboxylic acids is 1. The zero-order valence-electron chi connectivity index (χ0n) is 16.0. The van der Waals surface area contributed by atoms with E-state index in [1.807, 2.05) is 25.8 Å². The van der Waals surface area contributed by atoms with Crippen LogP contribution in [0.2, 0.25) is 0 Å². The second-order valence-electron chi connectivity index (χ2n) is 7.13. The standard InChI is InChI=1S/C19H26FN5O.ClH/c1-13(2)18-22-17(23-25(18)16-9-5-4-8-15(16)20)19(26)24-10-6-7-14(12-24)11-21-3;/h4-5,8-9,13-14,21H,6-7,10-12H2,1-3H3;1H. The van der Waals surface area contributed by atoms with Crippen LogP contribution in [0.15, 0.2) is 24.3 Å². The first kappa shape index (κ1) is 21.3. The van der Waals surface area contributed by atoms with E-state index in [1.165, 1.54) is 10.7 Å². The monoisotopic (exact) mass is 395 g/mol. The van der Waals surface area contributed by atoms with E-state index in [1.54, 1.807) is 18.2 Å². The summed E-state index contributed by atoms with van der Waals surface area (Å²) in [4.78, 5) is 19.2. The molecule has 2 heterocycles. The molecular weight excluding hydrogens is 369 g/mol. The third-order valence-corrected chi connectivity index (χ3v) is 4.72. The molecule has 1 unspecified atom stereocenters. The Hall–Kier alpha value is -1.99. The maximum absolute atomic E-state index is 14.2. The number of benzene rings is 1. The van der Waals surface area contributed by atoms with Crippen LogP contribution >= 0.6 is 12.4 Å². The Kier molecular flexibility index (Phi) is 7.33. The number of carbonyl (C=O) groups is 1. The summed E-state index contributed by atoms with van der Waals surface area (Å²) in [6.07, 6.45) is 2.09. The Labute approximate surface area is 165 Å². The van der Waals surface area contributed by atoms with Gasteiger partial charge < -0.3 is 10.2 Å². The summed E-state index contributed by atoms with van der Waals surface area (Å²) in [6.45, 7) is 6.21. The highest BCUT2D eigenvalue weighted by atomic mass is 35.5. The van der Waals surface area contributed by atoms with E-state index in [0.717, 1.165) is 19.4 Å². The van der Waals surface area contributed by atoms with Crippen molar-refractivity contribution in [3.05, 3.63) is 41.7 Å². The highest BCUT2D eigenvalue weighted by molar-refractivity contribution is 5.90. The van der Waals surface area contributed by atoms with Gasteiger partial charge in [-0.1, -0.05) is 26.0 Å². The van der Waals surface area contributed by atoms with Crippen LogP contribution in [-0.4, -0.2) is 52.3 Å². The summed E-state index contributed by atoms with van der Waals surface area (Å²) in [5.74, 6) is 0.621. The van der Waals surface area contributed by atoms with Crippen molar-refractivity contribution in [3.8, 4) is 5.69 Å². The van der Waals surface area contributed by atoms with Crippen molar-refractivity contribution in [1.29, 1.82) is 0 Å². The summed E-state index contributed by atoms with van der Waals surface area (Å²) >= 11 is 0. The maximum Gasteiger partial charge on any atom is 0.293 e. The Morgan fingerprint density at radius 2 is 2.11 bits per heavy atom. The first-order valence-electron chi connectivity index (χ1n) is 9.17. The molecule has 0 radical (unpaired) electrons. The predicted octanol–water partition coefficient (Wildman–Crippen LogP) is 3.02. The summed E-state index contributed by atoms with van der Waals surface area (Å²) in [5, 5.41) is 7.54. The van der Waals surface area contributed by atoms with Gasteiger partial charge in [-0.2, -0.15) is 0 Å². The largest absolute Gasteiger partial charge is 0.336 e. The Morgan fingerprint density at radius 3 is 2.78 bits per heavy atom. The molecule has 0 bridgehead atoms. The third-order valence-electron chi connectivity index (χ3n) is 4.72. The van der Waals surface area contributed by atoms with Gasteiger partial charge in [0.25, 0.3) is 5.91 Å². The average molecular weight is 396 g/mol. The maximum atomic E-state index is 14.2. The summed E-state index contributed by atoms with van der Waals surface area (Å²) in [6, 6.07) is 6.41. The number of nitrogens with zero attached hydrogens (tertiary/aromatic N) is 4. The molecule has 3 rings (SSSR count).